The summed E-state index contributed by atoms with van der Waals surface area (Å²) in [6, 6.07) is 6.75. The van der Waals surface area contributed by atoms with E-state index in [1.807, 2.05) is 38.1 Å². The normalized spacial score (nSPS) is 15.3. The van der Waals surface area contributed by atoms with Crippen molar-refractivity contribution in [1.82, 2.24) is 20.4 Å². The molecule has 0 saturated carbocycles. The summed E-state index contributed by atoms with van der Waals surface area (Å²) in [6.45, 7) is 8.23. The Morgan fingerprint density at radius 2 is 1.86 bits per heavy atom. The number of anilines is 2. The Bertz CT molecular complexity index is 866. The summed E-state index contributed by atoms with van der Waals surface area (Å²) in [6.07, 6.45) is 0. The Kier molecular flexibility index (Phi) is 6.92. The van der Waals surface area contributed by atoms with Crippen molar-refractivity contribution < 1.29 is 9.59 Å². The molecule has 3 amide bonds. The number of urea groups is 1. The highest BCUT2D eigenvalue weighted by molar-refractivity contribution is 7.15. The van der Waals surface area contributed by atoms with Crippen molar-refractivity contribution in [3.8, 4) is 0 Å². The molecule has 0 aliphatic carbocycles. The Balaban J connectivity index is 1.47. The van der Waals surface area contributed by atoms with Gasteiger partial charge in [0.15, 0.2) is 0 Å². The van der Waals surface area contributed by atoms with E-state index in [0.717, 1.165) is 10.7 Å². The molecule has 10 heteroatoms. The number of rotatable bonds is 5. The number of carbonyl (C=O) groups is 2. The highest BCUT2D eigenvalue weighted by Gasteiger charge is 2.24. The Labute approximate surface area is 179 Å². The molecule has 0 bridgehead atoms. The van der Waals surface area contributed by atoms with Gasteiger partial charge in [0.05, 0.1) is 0 Å². The molecule has 8 nitrogen and oxygen atoms in total. The Morgan fingerprint density at radius 3 is 2.48 bits per heavy atom. The molecule has 1 aliphatic rings. The van der Waals surface area contributed by atoms with E-state index < -0.39 is 6.04 Å². The molecule has 1 atom stereocenters. The largest absolute Gasteiger partial charge is 0.368 e. The summed E-state index contributed by atoms with van der Waals surface area (Å²) in [5, 5.41) is 15.5. The molecule has 1 aromatic heterocycles. The number of nitrogens with zero attached hydrogens (tertiary/aromatic N) is 4. The quantitative estimate of drug-likeness (QED) is 0.751. The first-order valence-corrected chi connectivity index (χ1v) is 10.7. The summed E-state index contributed by atoms with van der Waals surface area (Å²) in [5.74, 6) is -0.0665. The van der Waals surface area contributed by atoms with E-state index in [4.69, 9.17) is 11.6 Å². The summed E-state index contributed by atoms with van der Waals surface area (Å²) in [4.78, 5) is 28.8. The van der Waals surface area contributed by atoms with E-state index in [0.29, 0.717) is 36.3 Å². The van der Waals surface area contributed by atoms with Gasteiger partial charge in [0.25, 0.3) is 0 Å². The van der Waals surface area contributed by atoms with E-state index in [9.17, 15) is 9.59 Å². The molecule has 0 radical (unpaired) electrons. The minimum atomic E-state index is -0.681. The van der Waals surface area contributed by atoms with Gasteiger partial charge in [-0.2, -0.15) is 0 Å². The molecule has 0 unspecified atom stereocenters. The van der Waals surface area contributed by atoms with Crippen LogP contribution in [0.1, 0.15) is 31.7 Å². The molecule has 1 fully saturated rings. The summed E-state index contributed by atoms with van der Waals surface area (Å²) in [7, 11) is 0. The summed E-state index contributed by atoms with van der Waals surface area (Å²) >= 11 is 7.40. The number of piperazine rings is 1. The second kappa shape index (κ2) is 9.41. The molecule has 0 spiro atoms. The van der Waals surface area contributed by atoms with Gasteiger partial charge in [-0.15, -0.1) is 10.2 Å². The van der Waals surface area contributed by atoms with Crippen LogP contribution < -0.4 is 15.5 Å². The van der Waals surface area contributed by atoms with Gasteiger partial charge in [-0.3, -0.25) is 10.1 Å². The van der Waals surface area contributed by atoms with E-state index in [1.54, 1.807) is 11.8 Å². The molecule has 29 heavy (non-hydrogen) atoms. The van der Waals surface area contributed by atoms with E-state index in [-0.39, 0.29) is 17.9 Å². The average Bonchev–Trinajstić information content (AvgIpc) is 3.17. The van der Waals surface area contributed by atoms with Gasteiger partial charge in [-0.05, 0) is 25.1 Å². The molecule has 2 N–H and O–H groups in total. The third kappa shape index (κ3) is 5.57. The fraction of sp³-hybridized carbons (Fsp3) is 0.474. The molecular formula is C19H25ClN6O2S. The number of hydrogen-bond donors (Lipinski definition) is 2. The summed E-state index contributed by atoms with van der Waals surface area (Å²) in [5.41, 5.74) is 1.04. The van der Waals surface area contributed by atoms with Crippen molar-refractivity contribution >= 4 is 45.7 Å². The third-order valence-electron chi connectivity index (χ3n) is 4.64. The van der Waals surface area contributed by atoms with Gasteiger partial charge in [-0.25, -0.2) is 4.79 Å². The standard InChI is InChI=1S/C19H25ClN6O2S/c1-12(2)17-23-24-18(29-17)22-16(27)13(3)21-19(28)26-9-7-25(8-10-26)15-6-4-5-14(20)11-15/h4-6,11-13H,7-10H2,1-3H3,(H,21,28)(H,22,24,27)/t13-/m0/s1. The van der Waals surface area contributed by atoms with Crippen LogP contribution in [-0.4, -0.2) is 59.3 Å². The van der Waals surface area contributed by atoms with Gasteiger partial charge < -0.3 is 15.1 Å². The van der Waals surface area contributed by atoms with Crippen LogP contribution in [0, 0.1) is 0 Å². The van der Waals surface area contributed by atoms with Crippen LogP contribution in [0.2, 0.25) is 5.02 Å². The number of halogens is 1. The molecule has 3 rings (SSSR count). The second-order valence-electron chi connectivity index (χ2n) is 7.21. The lowest BCUT2D eigenvalue weighted by molar-refractivity contribution is -0.117. The van der Waals surface area contributed by atoms with Gasteiger partial charge in [-0.1, -0.05) is 42.9 Å². The topological polar surface area (TPSA) is 90.5 Å². The highest BCUT2D eigenvalue weighted by atomic mass is 35.5. The first kappa shape index (κ1) is 21.3. The van der Waals surface area contributed by atoms with Crippen LogP contribution in [0.25, 0.3) is 0 Å². The monoisotopic (exact) mass is 436 g/mol. The van der Waals surface area contributed by atoms with Crippen LogP contribution >= 0.6 is 22.9 Å². The maximum absolute atomic E-state index is 12.5. The number of benzene rings is 1. The lowest BCUT2D eigenvalue weighted by atomic mass is 10.2. The average molecular weight is 437 g/mol. The first-order chi connectivity index (χ1) is 13.8. The Morgan fingerprint density at radius 1 is 1.14 bits per heavy atom. The minimum absolute atomic E-state index is 0.251. The smallest absolute Gasteiger partial charge is 0.318 e. The zero-order chi connectivity index (χ0) is 21.0. The van der Waals surface area contributed by atoms with Gasteiger partial charge in [0.1, 0.15) is 11.0 Å². The predicted molar refractivity (Wildman–Crippen MR) is 116 cm³/mol. The molecule has 1 saturated heterocycles. The zero-order valence-electron chi connectivity index (χ0n) is 16.7. The molecule has 156 valence electrons. The number of nitrogens with one attached hydrogen (secondary N) is 2. The Hall–Kier alpha value is -2.39. The van der Waals surface area contributed by atoms with Crippen LogP contribution in [-0.2, 0) is 4.79 Å². The maximum Gasteiger partial charge on any atom is 0.318 e. The molecule has 2 aromatic rings. The second-order valence-corrected chi connectivity index (χ2v) is 8.66. The molecule has 2 heterocycles. The fourth-order valence-corrected chi connectivity index (χ4v) is 3.85. The van der Waals surface area contributed by atoms with Crippen molar-refractivity contribution in [3.63, 3.8) is 0 Å². The maximum atomic E-state index is 12.5. The summed E-state index contributed by atoms with van der Waals surface area (Å²) < 4.78 is 0. The number of aromatic nitrogens is 2. The van der Waals surface area contributed by atoms with E-state index in [1.165, 1.54) is 11.3 Å². The van der Waals surface area contributed by atoms with Gasteiger partial charge in [0, 0.05) is 42.8 Å². The lowest BCUT2D eigenvalue weighted by Gasteiger charge is -2.36. The first-order valence-electron chi connectivity index (χ1n) is 9.53. The molecule has 1 aliphatic heterocycles. The molecule has 1 aromatic carbocycles. The van der Waals surface area contributed by atoms with E-state index >= 15 is 0 Å². The SMILES string of the molecule is CC(C)c1nnc(NC(=O)[C@H](C)NC(=O)N2CCN(c3cccc(Cl)c3)CC2)s1. The zero-order valence-corrected chi connectivity index (χ0v) is 18.3. The van der Waals surface area contributed by atoms with Crippen molar-refractivity contribution in [2.75, 3.05) is 36.4 Å². The predicted octanol–water partition coefficient (Wildman–Crippen LogP) is 3.17. The number of amides is 3. The number of carbonyl (C=O) groups excluding carboxylic acids is 2. The van der Waals surface area contributed by atoms with Gasteiger partial charge in [0.2, 0.25) is 11.0 Å². The highest BCUT2D eigenvalue weighted by Crippen LogP contribution is 2.23. The number of hydrogen-bond acceptors (Lipinski definition) is 6. The van der Waals surface area contributed by atoms with E-state index in [2.05, 4.69) is 25.7 Å². The van der Waals surface area contributed by atoms with Crippen LogP contribution in [0.5, 0.6) is 0 Å². The third-order valence-corrected chi connectivity index (χ3v) is 6.01. The lowest BCUT2D eigenvalue weighted by Crippen LogP contribution is -2.54. The minimum Gasteiger partial charge on any atom is -0.368 e. The van der Waals surface area contributed by atoms with Crippen LogP contribution in [0.4, 0.5) is 15.6 Å². The van der Waals surface area contributed by atoms with Crippen molar-refractivity contribution in [2.45, 2.75) is 32.7 Å². The van der Waals surface area contributed by atoms with Crippen molar-refractivity contribution in [1.29, 1.82) is 0 Å². The van der Waals surface area contributed by atoms with Crippen LogP contribution in [0.3, 0.4) is 0 Å². The van der Waals surface area contributed by atoms with Crippen LogP contribution in [0.15, 0.2) is 24.3 Å². The fourth-order valence-electron chi connectivity index (χ4n) is 2.91. The van der Waals surface area contributed by atoms with Crippen molar-refractivity contribution in [2.24, 2.45) is 0 Å². The molecular weight excluding hydrogens is 412 g/mol. The van der Waals surface area contributed by atoms with Gasteiger partial charge >= 0.3 is 6.03 Å². The van der Waals surface area contributed by atoms with Crippen molar-refractivity contribution in [3.05, 3.63) is 34.3 Å².